The van der Waals surface area contributed by atoms with E-state index in [1.165, 1.54) is 11.3 Å². The van der Waals surface area contributed by atoms with Gasteiger partial charge in [-0.25, -0.2) is 4.99 Å². The van der Waals surface area contributed by atoms with Gasteiger partial charge in [-0.3, -0.25) is 14.2 Å². The lowest BCUT2D eigenvalue weighted by molar-refractivity contribution is -0.113. The molecule has 0 saturated carbocycles. The molecule has 0 unspecified atom stereocenters. The maximum absolute atomic E-state index is 14.2. The van der Waals surface area contributed by atoms with E-state index >= 15 is 0 Å². The first kappa shape index (κ1) is 32.3. The number of allylic oxidation sites excluding steroid dienone is 1. The molecule has 0 radical (unpaired) electrons. The zero-order valence-corrected chi connectivity index (χ0v) is 29.0. The molecule has 0 bridgehead atoms. The Bertz CT molecular complexity index is 2130. The van der Waals surface area contributed by atoms with Crippen LogP contribution in [-0.4, -0.2) is 24.2 Å². The molecule has 8 nitrogen and oxygen atoms in total. The fraction of sp³-hybridized carbons (Fsp3) is 0.162. The van der Waals surface area contributed by atoms with Crippen molar-refractivity contribution < 1.29 is 19.0 Å². The predicted molar refractivity (Wildman–Crippen MR) is 193 cm³/mol. The maximum atomic E-state index is 14.2. The van der Waals surface area contributed by atoms with E-state index in [2.05, 4.69) is 27.9 Å². The van der Waals surface area contributed by atoms with Crippen LogP contribution >= 0.6 is 33.9 Å². The molecule has 2 heterocycles. The Labute approximate surface area is 289 Å². The van der Waals surface area contributed by atoms with E-state index in [0.717, 1.165) is 20.3 Å². The van der Waals surface area contributed by atoms with E-state index in [1.807, 2.05) is 110 Å². The summed E-state index contributed by atoms with van der Waals surface area (Å²) in [6, 6.07) is 29.8. The van der Waals surface area contributed by atoms with Gasteiger partial charge in [-0.1, -0.05) is 72.0 Å². The quantitative estimate of drug-likeness (QED) is 0.165. The highest BCUT2D eigenvalue weighted by molar-refractivity contribution is 14.1. The number of hydrogen-bond acceptors (Lipinski definition) is 7. The van der Waals surface area contributed by atoms with Gasteiger partial charge in [0.1, 0.15) is 12.4 Å². The molecule has 0 spiro atoms. The minimum absolute atomic E-state index is 0.247. The van der Waals surface area contributed by atoms with Crippen molar-refractivity contribution in [3.63, 3.8) is 0 Å². The average molecular weight is 758 g/mol. The van der Waals surface area contributed by atoms with Crippen molar-refractivity contribution in [3.05, 3.63) is 148 Å². The van der Waals surface area contributed by atoms with E-state index in [-0.39, 0.29) is 11.5 Å². The van der Waals surface area contributed by atoms with Crippen molar-refractivity contribution in [2.24, 2.45) is 4.99 Å². The normalized spacial score (nSPS) is 14.3. The summed E-state index contributed by atoms with van der Waals surface area (Å²) in [6.45, 7) is 4.66. The second kappa shape index (κ2) is 14.4. The number of anilines is 1. The van der Waals surface area contributed by atoms with Gasteiger partial charge in [0.2, 0.25) is 0 Å². The molecule has 1 aliphatic heterocycles. The summed E-state index contributed by atoms with van der Waals surface area (Å²) in [4.78, 5) is 33.3. The Morgan fingerprint density at radius 3 is 2.38 bits per heavy atom. The molecule has 1 atom stereocenters. The van der Waals surface area contributed by atoms with Crippen LogP contribution in [0.2, 0.25) is 0 Å². The molecule has 1 N–H and O–H groups in total. The monoisotopic (exact) mass is 757 g/mol. The average Bonchev–Trinajstić information content (AvgIpc) is 3.38. The summed E-state index contributed by atoms with van der Waals surface area (Å²) >= 11 is 3.50. The Hall–Kier alpha value is -4.68. The lowest BCUT2D eigenvalue weighted by Crippen LogP contribution is -2.40. The van der Waals surface area contributed by atoms with E-state index < -0.39 is 6.04 Å². The fourth-order valence-electron chi connectivity index (χ4n) is 5.40. The van der Waals surface area contributed by atoms with Gasteiger partial charge in [-0.2, -0.15) is 0 Å². The summed E-state index contributed by atoms with van der Waals surface area (Å²) < 4.78 is 20.4. The van der Waals surface area contributed by atoms with Gasteiger partial charge < -0.3 is 19.5 Å². The summed E-state index contributed by atoms with van der Waals surface area (Å²) in [7, 11) is 1.60. The number of ether oxygens (including phenoxy) is 3. The molecule has 47 heavy (non-hydrogen) atoms. The fourth-order valence-corrected chi connectivity index (χ4v) is 7.23. The minimum atomic E-state index is -0.698. The number of benzene rings is 4. The lowest BCUT2D eigenvalue weighted by Gasteiger charge is -2.25. The molecular formula is C37H32IN3O5S. The van der Waals surface area contributed by atoms with Crippen LogP contribution in [0.3, 0.4) is 0 Å². The Morgan fingerprint density at radius 2 is 1.70 bits per heavy atom. The lowest BCUT2D eigenvalue weighted by atomic mass is 9.95. The van der Waals surface area contributed by atoms with E-state index in [1.54, 1.807) is 18.6 Å². The highest BCUT2D eigenvalue weighted by Gasteiger charge is 2.32. The number of nitrogens with zero attached hydrogens (tertiary/aromatic N) is 2. The van der Waals surface area contributed by atoms with E-state index in [9.17, 15) is 9.59 Å². The number of halogens is 1. The van der Waals surface area contributed by atoms with Crippen LogP contribution < -0.4 is 34.4 Å². The molecule has 1 aromatic heterocycles. The molecule has 6 rings (SSSR count). The number of para-hydroxylation sites is 1. The third-order valence-corrected chi connectivity index (χ3v) is 9.36. The van der Waals surface area contributed by atoms with Crippen LogP contribution in [0, 0.1) is 3.57 Å². The zero-order valence-electron chi connectivity index (χ0n) is 26.0. The standard InChI is InChI=1S/C37H32IN3O5S/c1-4-45-28-17-15-26(16-18-28)33-32(35(42)40-27-13-9-6-10-14-27)23(2)39-37-41(33)36(43)31(47-37)21-25-19-29(38)34(30(20-25)44-3)46-22-24-11-7-5-8-12-24/h5-21,33H,4,22H2,1-3H3,(H,40,42)/b31-21-/t33-/m1/s1. The SMILES string of the molecule is CCOc1ccc([C@@H]2C(C(=O)Nc3ccccc3)=C(C)N=c3s/c(=C\c4cc(I)c(OCc5ccccc5)c(OC)c4)c(=O)n32)cc1. The van der Waals surface area contributed by atoms with Gasteiger partial charge in [-0.05, 0) is 95.6 Å². The number of carbonyl (C=O) groups is 1. The highest BCUT2D eigenvalue weighted by Crippen LogP contribution is 2.35. The van der Waals surface area contributed by atoms with Crippen molar-refractivity contribution in [1.82, 2.24) is 4.57 Å². The largest absolute Gasteiger partial charge is 0.494 e. The second-order valence-electron chi connectivity index (χ2n) is 10.7. The van der Waals surface area contributed by atoms with Crippen LogP contribution in [0.25, 0.3) is 6.08 Å². The molecule has 1 aliphatic rings. The number of carbonyl (C=O) groups excluding carboxylic acids is 1. The van der Waals surface area contributed by atoms with Crippen LogP contribution in [0.4, 0.5) is 5.69 Å². The van der Waals surface area contributed by atoms with Crippen molar-refractivity contribution in [2.45, 2.75) is 26.5 Å². The Balaban J connectivity index is 1.41. The number of nitrogens with one attached hydrogen (secondary N) is 1. The third kappa shape index (κ3) is 7.03. The molecule has 0 fully saturated rings. The van der Waals surface area contributed by atoms with Gasteiger partial charge in [0.15, 0.2) is 16.3 Å². The van der Waals surface area contributed by atoms with Gasteiger partial charge >= 0.3 is 0 Å². The highest BCUT2D eigenvalue weighted by atomic mass is 127. The topological polar surface area (TPSA) is 91.2 Å². The van der Waals surface area contributed by atoms with Gasteiger partial charge in [0.25, 0.3) is 11.5 Å². The smallest absolute Gasteiger partial charge is 0.271 e. The van der Waals surface area contributed by atoms with Crippen LogP contribution in [-0.2, 0) is 11.4 Å². The minimum Gasteiger partial charge on any atom is -0.494 e. The van der Waals surface area contributed by atoms with Crippen molar-refractivity contribution in [3.8, 4) is 17.2 Å². The van der Waals surface area contributed by atoms with Crippen molar-refractivity contribution in [1.29, 1.82) is 0 Å². The molecular weight excluding hydrogens is 725 g/mol. The zero-order chi connectivity index (χ0) is 32.9. The molecule has 1 amide bonds. The van der Waals surface area contributed by atoms with Crippen LogP contribution in [0.1, 0.15) is 36.6 Å². The summed E-state index contributed by atoms with van der Waals surface area (Å²) in [5, 5.41) is 2.99. The van der Waals surface area contributed by atoms with Gasteiger partial charge in [0.05, 0.1) is 39.1 Å². The summed E-state index contributed by atoms with van der Waals surface area (Å²) in [5.41, 5.74) is 3.94. The van der Waals surface area contributed by atoms with Gasteiger partial charge in [0, 0.05) is 5.69 Å². The maximum Gasteiger partial charge on any atom is 0.271 e. The number of fused-ring (bicyclic) bond motifs is 1. The first-order chi connectivity index (χ1) is 22.9. The van der Waals surface area contributed by atoms with Crippen molar-refractivity contribution in [2.75, 3.05) is 19.0 Å². The second-order valence-corrected chi connectivity index (χ2v) is 12.9. The Kier molecular flexibility index (Phi) is 9.88. The molecule has 238 valence electrons. The number of amides is 1. The van der Waals surface area contributed by atoms with Crippen LogP contribution in [0.15, 0.2) is 118 Å². The predicted octanol–water partition coefficient (Wildman–Crippen LogP) is 6.46. The van der Waals surface area contributed by atoms with E-state index in [4.69, 9.17) is 19.2 Å². The summed E-state index contributed by atoms with van der Waals surface area (Å²) in [6.07, 6.45) is 1.83. The number of hydrogen-bond donors (Lipinski definition) is 1. The molecule has 4 aromatic carbocycles. The number of methoxy groups -OCH3 is 1. The van der Waals surface area contributed by atoms with Crippen LogP contribution in [0.5, 0.6) is 17.2 Å². The van der Waals surface area contributed by atoms with Gasteiger partial charge in [-0.15, -0.1) is 0 Å². The number of rotatable bonds is 10. The summed E-state index contributed by atoms with van der Waals surface area (Å²) in [5.74, 6) is 1.58. The third-order valence-electron chi connectivity index (χ3n) is 7.58. The Morgan fingerprint density at radius 1 is 1.00 bits per heavy atom. The molecule has 10 heteroatoms. The van der Waals surface area contributed by atoms with E-state index in [0.29, 0.717) is 56.8 Å². The first-order valence-corrected chi connectivity index (χ1v) is 16.9. The number of aromatic nitrogens is 1. The molecule has 0 aliphatic carbocycles. The first-order valence-electron chi connectivity index (χ1n) is 15.0. The number of thiazole rings is 1. The van der Waals surface area contributed by atoms with Crippen molar-refractivity contribution >= 4 is 51.6 Å². The molecule has 0 saturated heterocycles. The molecule has 5 aromatic rings.